The Balaban J connectivity index is 2.26. The van der Waals surface area contributed by atoms with Crippen LogP contribution in [0.15, 0.2) is 18.2 Å². The monoisotopic (exact) mass is 361 g/mol. The van der Waals surface area contributed by atoms with Crippen LogP contribution in [0.1, 0.15) is 80.6 Å². The molecule has 0 unspecified atom stereocenters. The van der Waals surface area contributed by atoms with Crippen LogP contribution in [0.25, 0.3) is 0 Å². The number of rotatable bonds is 11. The predicted molar refractivity (Wildman–Crippen MR) is 91.0 cm³/mol. The highest BCUT2D eigenvalue weighted by atomic mass is 19.4. The fourth-order valence-electron chi connectivity index (χ4n) is 2.62. The lowest BCUT2D eigenvalue weighted by atomic mass is 10.1. The van der Waals surface area contributed by atoms with Crippen LogP contribution in [0.3, 0.4) is 0 Å². The lowest BCUT2D eigenvalue weighted by Crippen LogP contribution is -2.25. The van der Waals surface area contributed by atoms with Crippen molar-refractivity contribution in [3.05, 3.63) is 35.1 Å². The molecule has 0 atom stereocenters. The fraction of sp³-hybridized carbons (Fsp3) is 0.632. The molecule has 1 amide bonds. The Kier molecular flexibility index (Phi) is 9.53. The zero-order valence-electron chi connectivity index (χ0n) is 14.7. The van der Waals surface area contributed by atoms with Crippen LogP contribution in [-0.4, -0.2) is 12.5 Å². The molecule has 1 aromatic rings. The second kappa shape index (κ2) is 11.1. The predicted octanol–water partition coefficient (Wildman–Crippen LogP) is 6.11. The van der Waals surface area contributed by atoms with Crippen molar-refractivity contribution in [1.29, 1.82) is 0 Å². The summed E-state index contributed by atoms with van der Waals surface area (Å²) in [4.78, 5) is 11.9. The molecule has 0 heterocycles. The van der Waals surface area contributed by atoms with Crippen molar-refractivity contribution in [3.8, 4) is 0 Å². The molecule has 6 heteroatoms. The summed E-state index contributed by atoms with van der Waals surface area (Å²) in [5.41, 5.74) is -1.45. The van der Waals surface area contributed by atoms with Crippen molar-refractivity contribution in [3.63, 3.8) is 0 Å². The molecule has 0 spiro atoms. The van der Waals surface area contributed by atoms with E-state index in [1.165, 1.54) is 32.1 Å². The molecule has 1 rings (SSSR count). The van der Waals surface area contributed by atoms with E-state index in [4.69, 9.17) is 0 Å². The summed E-state index contributed by atoms with van der Waals surface area (Å²) in [5, 5.41) is 2.55. The Labute approximate surface area is 147 Å². The average molecular weight is 361 g/mol. The van der Waals surface area contributed by atoms with Gasteiger partial charge in [0.2, 0.25) is 0 Å². The van der Waals surface area contributed by atoms with Crippen LogP contribution in [0, 0.1) is 5.82 Å². The zero-order chi connectivity index (χ0) is 18.7. The molecule has 0 saturated carbocycles. The molecule has 0 aliphatic carbocycles. The van der Waals surface area contributed by atoms with Crippen LogP contribution < -0.4 is 5.32 Å². The van der Waals surface area contributed by atoms with E-state index in [1.54, 1.807) is 0 Å². The molecule has 0 radical (unpaired) electrons. The van der Waals surface area contributed by atoms with Gasteiger partial charge in [0.25, 0.3) is 5.91 Å². The summed E-state index contributed by atoms with van der Waals surface area (Å²) in [7, 11) is 0. The minimum absolute atomic E-state index is 0.303. The van der Waals surface area contributed by atoms with E-state index >= 15 is 0 Å². The van der Waals surface area contributed by atoms with Crippen molar-refractivity contribution in [2.45, 2.75) is 70.9 Å². The third-order valence-electron chi connectivity index (χ3n) is 4.05. The van der Waals surface area contributed by atoms with Crippen LogP contribution in [0.2, 0.25) is 0 Å². The van der Waals surface area contributed by atoms with E-state index in [9.17, 15) is 22.4 Å². The molecule has 0 saturated heterocycles. The second-order valence-corrected chi connectivity index (χ2v) is 6.31. The standard InChI is InChI=1S/C19H27F4NO/c1-2-3-4-5-6-7-8-9-10-11-24-18(25)15-12-16(19(21,22)23)14-17(20)13-15/h12-14H,2-11H2,1H3,(H,24,25). The second-order valence-electron chi connectivity index (χ2n) is 6.31. The van der Waals surface area contributed by atoms with E-state index in [0.29, 0.717) is 18.7 Å². The largest absolute Gasteiger partial charge is 0.416 e. The SMILES string of the molecule is CCCCCCCCCCCNC(=O)c1cc(F)cc(C(F)(F)F)c1. The Bertz CT molecular complexity index is 529. The number of benzene rings is 1. The molecule has 1 N–H and O–H groups in total. The fourth-order valence-corrected chi connectivity index (χ4v) is 2.62. The summed E-state index contributed by atoms with van der Waals surface area (Å²) in [5.74, 6) is -1.74. The molecule has 0 bridgehead atoms. The number of hydrogen-bond donors (Lipinski definition) is 1. The Morgan fingerprint density at radius 2 is 1.48 bits per heavy atom. The van der Waals surface area contributed by atoms with Gasteiger partial charge in [0, 0.05) is 12.1 Å². The van der Waals surface area contributed by atoms with Crippen molar-refractivity contribution in [1.82, 2.24) is 5.32 Å². The van der Waals surface area contributed by atoms with Gasteiger partial charge in [0.15, 0.2) is 0 Å². The first-order valence-electron chi connectivity index (χ1n) is 9.00. The first-order valence-corrected chi connectivity index (χ1v) is 9.00. The summed E-state index contributed by atoms with van der Waals surface area (Å²) in [6, 6.07) is 1.88. The first-order chi connectivity index (χ1) is 11.8. The molecule has 2 nitrogen and oxygen atoms in total. The van der Waals surface area contributed by atoms with E-state index in [-0.39, 0.29) is 5.56 Å². The van der Waals surface area contributed by atoms with Gasteiger partial charge in [-0.15, -0.1) is 0 Å². The lowest BCUT2D eigenvalue weighted by Gasteiger charge is -2.10. The van der Waals surface area contributed by atoms with Crippen molar-refractivity contribution in [2.75, 3.05) is 6.54 Å². The molecule has 25 heavy (non-hydrogen) atoms. The number of hydrogen-bond acceptors (Lipinski definition) is 1. The van der Waals surface area contributed by atoms with Gasteiger partial charge in [-0.3, -0.25) is 4.79 Å². The lowest BCUT2D eigenvalue weighted by molar-refractivity contribution is -0.137. The van der Waals surface area contributed by atoms with E-state index in [2.05, 4.69) is 12.2 Å². The van der Waals surface area contributed by atoms with Crippen molar-refractivity contribution >= 4 is 5.91 Å². The van der Waals surface area contributed by atoms with Crippen LogP contribution >= 0.6 is 0 Å². The van der Waals surface area contributed by atoms with Gasteiger partial charge in [0.1, 0.15) is 5.82 Å². The van der Waals surface area contributed by atoms with E-state index in [0.717, 1.165) is 31.7 Å². The third-order valence-corrected chi connectivity index (χ3v) is 4.05. The highest BCUT2D eigenvalue weighted by Gasteiger charge is 2.31. The summed E-state index contributed by atoms with van der Waals surface area (Å²) in [6.07, 6.45) is 5.57. The number of amides is 1. The molecule has 0 aromatic heterocycles. The number of unbranched alkanes of at least 4 members (excludes halogenated alkanes) is 8. The maximum atomic E-state index is 13.3. The summed E-state index contributed by atoms with van der Waals surface area (Å²) in [6.45, 7) is 2.56. The van der Waals surface area contributed by atoms with Gasteiger partial charge in [-0.2, -0.15) is 13.2 Å². The summed E-state index contributed by atoms with van der Waals surface area (Å²) < 4.78 is 51.2. The Hall–Kier alpha value is -1.59. The summed E-state index contributed by atoms with van der Waals surface area (Å²) >= 11 is 0. The molecule has 0 aliphatic rings. The first kappa shape index (κ1) is 21.5. The smallest absolute Gasteiger partial charge is 0.352 e. The third kappa shape index (κ3) is 8.89. The van der Waals surface area contributed by atoms with Crippen LogP contribution in [-0.2, 0) is 6.18 Å². The van der Waals surface area contributed by atoms with Gasteiger partial charge in [0.05, 0.1) is 5.56 Å². The van der Waals surface area contributed by atoms with Gasteiger partial charge >= 0.3 is 6.18 Å². The molecular formula is C19H27F4NO. The minimum atomic E-state index is -4.67. The van der Waals surface area contributed by atoms with Gasteiger partial charge in [-0.25, -0.2) is 4.39 Å². The van der Waals surface area contributed by atoms with E-state index < -0.39 is 23.5 Å². The van der Waals surface area contributed by atoms with Gasteiger partial charge < -0.3 is 5.32 Å². The average Bonchev–Trinajstić information content (AvgIpc) is 2.55. The molecular weight excluding hydrogens is 334 g/mol. The normalized spacial score (nSPS) is 11.6. The molecule has 0 aliphatic heterocycles. The van der Waals surface area contributed by atoms with E-state index in [1.807, 2.05) is 0 Å². The molecule has 142 valence electrons. The van der Waals surface area contributed by atoms with Gasteiger partial charge in [-0.1, -0.05) is 58.3 Å². The molecule has 1 aromatic carbocycles. The highest BCUT2D eigenvalue weighted by molar-refractivity contribution is 5.94. The zero-order valence-corrected chi connectivity index (χ0v) is 14.7. The number of alkyl halides is 3. The Morgan fingerprint density at radius 3 is 2.04 bits per heavy atom. The topological polar surface area (TPSA) is 29.1 Å². The Morgan fingerprint density at radius 1 is 0.920 bits per heavy atom. The maximum absolute atomic E-state index is 13.3. The highest BCUT2D eigenvalue weighted by Crippen LogP contribution is 2.30. The number of carbonyl (C=O) groups is 1. The number of halogens is 4. The maximum Gasteiger partial charge on any atom is 0.416 e. The number of carbonyl (C=O) groups excluding carboxylic acids is 1. The van der Waals surface area contributed by atoms with Gasteiger partial charge in [-0.05, 0) is 24.6 Å². The quantitative estimate of drug-likeness (QED) is 0.374. The van der Waals surface area contributed by atoms with Crippen molar-refractivity contribution < 1.29 is 22.4 Å². The van der Waals surface area contributed by atoms with Crippen molar-refractivity contribution in [2.24, 2.45) is 0 Å². The van der Waals surface area contributed by atoms with Crippen LogP contribution in [0.4, 0.5) is 17.6 Å². The minimum Gasteiger partial charge on any atom is -0.352 e. The molecule has 0 fully saturated rings. The van der Waals surface area contributed by atoms with Crippen LogP contribution in [0.5, 0.6) is 0 Å². The number of nitrogens with one attached hydrogen (secondary N) is 1.